The van der Waals surface area contributed by atoms with E-state index in [0.717, 1.165) is 25.7 Å². The standard InChI is InChI=1S/C21H34N2O3/c1-23(2,3)17-19(16-21(25)26)22-20(24)15-11-6-4-5-8-12-18-13-9-7-10-14-18/h7,9-10,13-14,19H,4-6,8,11-12,15-17H2,1-3H3,(H-,22,24,25,26)/p+1/t19-/m1/s1. The van der Waals surface area contributed by atoms with Gasteiger partial charge in [0.2, 0.25) is 5.91 Å². The molecule has 1 aromatic rings. The first-order valence-corrected chi connectivity index (χ1v) is 9.62. The summed E-state index contributed by atoms with van der Waals surface area (Å²) in [6.45, 7) is 0.609. The number of carbonyl (C=O) groups is 2. The molecular formula is C21H35N2O3+. The Kier molecular flexibility index (Phi) is 9.96. The maximum Gasteiger partial charge on any atom is 0.305 e. The number of quaternary nitrogens is 1. The van der Waals surface area contributed by atoms with Crippen LogP contribution in [0, 0.1) is 0 Å². The van der Waals surface area contributed by atoms with Crippen molar-refractivity contribution in [2.24, 2.45) is 0 Å². The highest BCUT2D eigenvalue weighted by Crippen LogP contribution is 2.10. The molecule has 1 aromatic carbocycles. The van der Waals surface area contributed by atoms with Crippen LogP contribution in [0.4, 0.5) is 0 Å². The molecule has 5 heteroatoms. The molecule has 1 rings (SSSR count). The zero-order valence-corrected chi connectivity index (χ0v) is 16.5. The molecule has 0 fully saturated rings. The Balaban J connectivity index is 2.14. The Bertz CT molecular complexity index is 538. The van der Waals surface area contributed by atoms with E-state index in [-0.39, 0.29) is 18.4 Å². The fraction of sp³-hybridized carbons (Fsp3) is 0.619. The van der Waals surface area contributed by atoms with Gasteiger partial charge in [-0.2, -0.15) is 0 Å². The van der Waals surface area contributed by atoms with Crippen LogP contribution in [0.15, 0.2) is 30.3 Å². The van der Waals surface area contributed by atoms with Crippen LogP contribution in [-0.2, 0) is 16.0 Å². The molecule has 2 N–H and O–H groups in total. The van der Waals surface area contributed by atoms with Crippen molar-refractivity contribution in [2.75, 3.05) is 27.7 Å². The van der Waals surface area contributed by atoms with Gasteiger partial charge in [0.25, 0.3) is 0 Å². The summed E-state index contributed by atoms with van der Waals surface area (Å²) in [7, 11) is 5.99. The number of nitrogens with one attached hydrogen (secondary N) is 1. The molecule has 0 radical (unpaired) electrons. The van der Waals surface area contributed by atoms with Gasteiger partial charge < -0.3 is 14.9 Å². The van der Waals surface area contributed by atoms with E-state index in [1.165, 1.54) is 18.4 Å². The third kappa shape index (κ3) is 11.6. The fourth-order valence-electron chi connectivity index (χ4n) is 3.12. The molecule has 1 amide bonds. The summed E-state index contributed by atoms with van der Waals surface area (Å²) in [6.07, 6.45) is 6.97. The minimum absolute atomic E-state index is 0.0270. The number of unbranched alkanes of at least 4 members (excludes halogenated alkanes) is 4. The highest BCUT2D eigenvalue weighted by atomic mass is 16.4. The van der Waals surface area contributed by atoms with E-state index >= 15 is 0 Å². The second kappa shape index (κ2) is 11.7. The molecule has 0 aliphatic rings. The van der Waals surface area contributed by atoms with Gasteiger partial charge in [0.15, 0.2) is 0 Å². The van der Waals surface area contributed by atoms with E-state index < -0.39 is 5.97 Å². The molecule has 1 atom stereocenters. The fourth-order valence-corrected chi connectivity index (χ4v) is 3.12. The SMILES string of the molecule is C[N+](C)(C)C[C@@H](CC(=O)O)NC(=O)CCCCCCCc1ccccc1. The van der Waals surface area contributed by atoms with Gasteiger partial charge in [0, 0.05) is 6.42 Å². The van der Waals surface area contributed by atoms with Gasteiger partial charge in [-0.1, -0.05) is 49.6 Å². The number of rotatable bonds is 13. The molecule has 0 unspecified atom stereocenters. The van der Waals surface area contributed by atoms with Gasteiger partial charge in [0.1, 0.15) is 0 Å². The summed E-state index contributed by atoms with van der Waals surface area (Å²) in [5.41, 5.74) is 1.38. The molecule has 0 bridgehead atoms. The molecule has 0 saturated heterocycles. The quantitative estimate of drug-likeness (QED) is 0.418. The van der Waals surface area contributed by atoms with Crippen LogP contribution in [0.2, 0.25) is 0 Å². The number of carbonyl (C=O) groups excluding carboxylic acids is 1. The van der Waals surface area contributed by atoms with Crippen molar-refractivity contribution in [3.05, 3.63) is 35.9 Å². The molecule has 0 heterocycles. The van der Waals surface area contributed by atoms with E-state index in [1.54, 1.807) is 0 Å². The van der Waals surface area contributed by atoms with Crippen molar-refractivity contribution in [3.8, 4) is 0 Å². The molecule has 0 saturated carbocycles. The normalized spacial score (nSPS) is 12.6. The first kappa shape index (κ1) is 22.2. The number of aliphatic carboxylic acids is 1. The Morgan fingerprint density at radius 1 is 1.00 bits per heavy atom. The summed E-state index contributed by atoms with van der Waals surface area (Å²) in [4.78, 5) is 23.1. The Hall–Kier alpha value is -1.88. The van der Waals surface area contributed by atoms with Crippen molar-refractivity contribution in [2.45, 2.75) is 57.4 Å². The van der Waals surface area contributed by atoms with Gasteiger partial charge >= 0.3 is 5.97 Å². The lowest BCUT2D eigenvalue weighted by atomic mass is 10.0. The monoisotopic (exact) mass is 363 g/mol. The third-order valence-corrected chi connectivity index (χ3v) is 4.27. The van der Waals surface area contributed by atoms with Crippen molar-refractivity contribution >= 4 is 11.9 Å². The number of amides is 1. The second-order valence-electron chi connectivity index (χ2n) is 8.09. The van der Waals surface area contributed by atoms with Crippen LogP contribution in [0.5, 0.6) is 0 Å². The Labute approximate surface area is 158 Å². The van der Waals surface area contributed by atoms with Crippen LogP contribution in [0.3, 0.4) is 0 Å². The van der Waals surface area contributed by atoms with Crippen molar-refractivity contribution < 1.29 is 19.2 Å². The predicted octanol–water partition coefficient (Wildman–Crippen LogP) is 3.24. The highest BCUT2D eigenvalue weighted by Gasteiger charge is 2.22. The lowest BCUT2D eigenvalue weighted by Gasteiger charge is -2.29. The average Bonchev–Trinajstić information content (AvgIpc) is 2.52. The van der Waals surface area contributed by atoms with Crippen LogP contribution in [0.25, 0.3) is 0 Å². The van der Waals surface area contributed by atoms with Crippen molar-refractivity contribution in [3.63, 3.8) is 0 Å². The van der Waals surface area contributed by atoms with E-state index in [9.17, 15) is 9.59 Å². The van der Waals surface area contributed by atoms with Crippen molar-refractivity contribution in [1.29, 1.82) is 0 Å². The first-order chi connectivity index (χ1) is 12.3. The number of hydrogen-bond donors (Lipinski definition) is 2. The van der Waals surface area contributed by atoms with Crippen LogP contribution in [0.1, 0.15) is 50.5 Å². The largest absolute Gasteiger partial charge is 0.481 e. The van der Waals surface area contributed by atoms with Crippen LogP contribution >= 0.6 is 0 Å². The maximum absolute atomic E-state index is 12.1. The zero-order valence-electron chi connectivity index (χ0n) is 16.5. The minimum atomic E-state index is -0.873. The molecule has 5 nitrogen and oxygen atoms in total. The summed E-state index contributed by atoms with van der Waals surface area (Å²) in [5.74, 6) is -0.906. The lowest BCUT2D eigenvalue weighted by Crippen LogP contribution is -2.49. The predicted molar refractivity (Wildman–Crippen MR) is 105 cm³/mol. The average molecular weight is 364 g/mol. The molecule has 0 aromatic heterocycles. The first-order valence-electron chi connectivity index (χ1n) is 9.62. The topological polar surface area (TPSA) is 66.4 Å². The number of benzene rings is 1. The van der Waals surface area contributed by atoms with E-state index in [2.05, 4.69) is 29.6 Å². The van der Waals surface area contributed by atoms with Gasteiger partial charge in [0.05, 0.1) is 40.2 Å². The third-order valence-electron chi connectivity index (χ3n) is 4.27. The van der Waals surface area contributed by atoms with E-state index in [1.807, 2.05) is 27.2 Å². The lowest BCUT2D eigenvalue weighted by molar-refractivity contribution is -0.871. The van der Waals surface area contributed by atoms with E-state index in [4.69, 9.17) is 5.11 Å². The minimum Gasteiger partial charge on any atom is -0.481 e. The summed E-state index contributed by atoms with van der Waals surface area (Å²) in [6, 6.07) is 10.2. The molecule has 0 aliphatic carbocycles. The summed E-state index contributed by atoms with van der Waals surface area (Å²) in [5, 5.41) is 11.9. The van der Waals surface area contributed by atoms with Crippen LogP contribution < -0.4 is 5.32 Å². The number of nitrogens with zero attached hydrogens (tertiary/aromatic N) is 1. The molecular weight excluding hydrogens is 328 g/mol. The van der Waals surface area contributed by atoms with Gasteiger partial charge in [-0.05, 0) is 24.8 Å². The van der Waals surface area contributed by atoms with Gasteiger partial charge in [-0.3, -0.25) is 9.59 Å². The Morgan fingerprint density at radius 3 is 2.23 bits per heavy atom. The van der Waals surface area contributed by atoms with Crippen LogP contribution in [-0.4, -0.2) is 55.2 Å². The Morgan fingerprint density at radius 2 is 1.62 bits per heavy atom. The zero-order chi connectivity index (χ0) is 19.4. The number of carboxylic acid groups (broad SMARTS) is 1. The molecule has 0 spiro atoms. The molecule has 26 heavy (non-hydrogen) atoms. The summed E-state index contributed by atoms with van der Waals surface area (Å²) < 4.78 is 0.625. The highest BCUT2D eigenvalue weighted by molar-refractivity contribution is 5.77. The molecule has 0 aliphatic heterocycles. The second-order valence-corrected chi connectivity index (χ2v) is 8.09. The number of carboxylic acids is 1. The summed E-state index contributed by atoms with van der Waals surface area (Å²) >= 11 is 0. The van der Waals surface area contributed by atoms with Gasteiger partial charge in [-0.25, -0.2) is 0 Å². The maximum atomic E-state index is 12.1. The van der Waals surface area contributed by atoms with Crippen molar-refractivity contribution in [1.82, 2.24) is 5.32 Å². The number of aryl methyl sites for hydroxylation is 1. The van der Waals surface area contributed by atoms with Gasteiger partial charge in [-0.15, -0.1) is 0 Å². The number of likely N-dealkylation sites (N-methyl/N-ethyl adjacent to an activating group) is 1. The number of hydrogen-bond acceptors (Lipinski definition) is 2. The smallest absolute Gasteiger partial charge is 0.305 e. The molecule has 146 valence electrons. The van der Waals surface area contributed by atoms with E-state index in [0.29, 0.717) is 17.4 Å².